The molecule has 1 heterocycles. The summed E-state index contributed by atoms with van der Waals surface area (Å²) in [5, 5.41) is 6.14. The molecule has 0 spiro atoms. The number of unbranched alkanes of at least 4 members (excludes halogenated alkanes) is 1. The molecule has 0 unspecified atom stereocenters. The molecule has 0 atom stereocenters. The first kappa shape index (κ1) is 18.7. The molecule has 1 aliphatic carbocycles. The molecule has 0 saturated heterocycles. The zero-order valence-corrected chi connectivity index (χ0v) is 16.2. The molecule has 146 valence electrons. The second kappa shape index (κ2) is 8.13. The molecule has 0 bridgehead atoms. The Morgan fingerprint density at radius 2 is 1.96 bits per heavy atom. The highest BCUT2D eigenvalue weighted by Crippen LogP contribution is 2.31. The minimum Gasteiger partial charge on any atom is -0.492 e. The fourth-order valence-electron chi connectivity index (χ4n) is 3.38. The number of halogens is 1. The van der Waals surface area contributed by atoms with E-state index in [1.807, 2.05) is 18.2 Å². The fraction of sp³-hybridized carbons (Fsp3) is 0.391. The van der Waals surface area contributed by atoms with Crippen LogP contribution in [0.3, 0.4) is 0 Å². The van der Waals surface area contributed by atoms with Gasteiger partial charge in [-0.2, -0.15) is 5.10 Å². The molecule has 4 rings (SSSR count). The van der Waals surface area contributed by atoms with Crippen LogP contribution in [0, 0.1) is 11.7 Å². The molecule has 0 radical (unpaired) electrons. The summed E-state index contributed by atoms with van der Waals surface area (Å²) in [4.78, 5) is 13.3. The van der Waals surface area contributed by atoms with Crippen molar-refractivity contribution in [3.8, 4) is 5.75 Å². The van der Waals surface area contributed by atoms with Crippen LogP contribution in [0.25, 0.3) is 10.8 Å². The van der Waals surface area contributed by atoms with Crippen LogP contribution < -0.4 is 10.3 Å². The van der Waals surface area contributed by atoms with E-state index in [1.54, 1.807) is 12.1 Å². The molecule has 1 aliphatic rings. The van der Waals surface area contributed by atoms with Gasteiger partial charge in [0.1, 0.15) is 11.6 Å². The molecule has 1 fully saturated rings. The topological polar surface area (TPSA) is 44.1 Å². The smallest absolute Gasteiger partial charge is 0.278 e. The third-order valence-corrected chi connectivity index (χ3v) is 5.21. The van der Waals surface area contributed by atoms with E-state index >= 15 is 0 Å². The Morgan fingerprint density at radius 1 is 1.18 bits per heavy atom. The molecule has 0 N–H and O–H groups in total. The van der Waals surface area contributed by atoms with Gasteiger partial charge in [-0.3, -0.25) is 4.79 Å². The molecule has 3 aromatic rings. The van der Waals surface area contributed by atoms with Crippen LogP contribution >= 0.6 is 0 Å². The van der Waals surface area contributed by atoms with E-state index in [-0.39, 0.29) is 11.4 Å². The van der Waals surface area contributed by atoms with E-state index in [2.05, 4.69) is 12.0 Å². The van der Waals surface area contributed by atoms with Gasteiger partial charge in [0.2, 0.25) is 0 Å². The van der Waals surface area contributed by atoms with Gasteiger partial charge in [0.25, 0.3) is 5.56 Å². The largest absolute Gasteiger partial charge is 0.492 e. The lowest BCUT2D eigenvalue weighted by Gasteiger charge is -2.14. The van der Waals surface area contributed by atoms with Gasteiger partial charge in [-0.05, 0) is 55.4 Å². The van der Waals surface area contributed by atoms with Gasteiger partial charge < -0.3 is 4.74 Å². The van der Waals surface area contributed by atoms with Crippen LogP contribution in [0.15, 0.2) is 47.3 Å². The average molecular weight is 380 g/mol. The lowest BCUT2D eigenvalue weighted by Crippen LogP contribution is -2.26. The molecule has 4 nitrogen and oxygen atoms in total. The van der Waals surface area contributed by atoms with E-state index in [0.717, 1.165) is 35.9 Å². The molecule has 1 aromatic heterocycles. The van der Waals surface area contributed by atoms with Crippen molar-refractivity contribution in [2.24, 2.45) is 5.92 Å². The molecular formula is C23H25FN2O2. The molecule has 1 saturated carbocycles. The monoisotopic (exact) mass is 380 g/mol. The first-order valence-electron chi connectivity index (χ1n) is 10.1. The number of aryl methyl sites for hydroxylation is 1. The number of rotatable bonds is 8. The fourth-order valence-corrected chi connectivity index (χ4v) is 3.38. The Balaban J connectivity index is 1.78. The van der Waals surface area contributed by atoms with Crippen molar-refractivity contribution in [3.05, 3.63) is 69.9 Å². The number of fused-ring (bicyclic) bond motifs is 1. The Morgan fingerprint density at radius 3 is 2.68 bits per heavy atom. The molecule has 0 aliphatic heterocycles. The third kappa shape index (κ3) is 4.08. The quantitative estimate of drug-likeness (QED) is 0.568. The van der Waals surface area contributed by atoms with Crippen molar-refractivity contribution in [3.63, 3.8) is 0 Å². The van der Waals surface area contributed by atoms with Gasteiger partial charge >= 0.3 is 0 Å². The normalized spacial score (nSPS) is 13.8. The van der Waals surface area contributed by atoms with Crippen LogP contribution in [0.1, 0.15) is 43.9 Å². The zero-order chi connectivity index (χ0) is 19.5. The predicted molar refractivity (Wildman–Crippen MR) is 108 cm³/mol. The van der Waals surface area contributed by atoms with E-state index in [0.29, 0.717) is 30.2 Å². The molecule has 0 amide bonds. The van der Waals surface area contributed by atoms with Crippen LogP contribution in [0.2, 0.25) is 0 Å². The second-order valence-corrected chi connectivity index (χ2v) is 7.57. The molecule has 2 aromatic carbocycles. The number of hydrogen-bond acceptors (Lipinski definition) is 3. The van der Waals surface area contributed by atoms with E-state index in [1.165, 1.54) is 29.7 Å². The SMILES string of the molecule is CCCCc1nn(Cc2ccc(F)cc2)c(=O)c2c(OCC3CC3)cccc12. The standard InChI is InChI=1S/C23H25FN2O2/c1-2-3-6-20-19-5-4-7-21(28-15-17-8-9-17)22(19)23(27)26(25-20)14-16-10-12-18(24)13-11-16/h4-5,7,10-13,17H,2-3,6,8-9,14-15H2,1H3. The minimum atomic E-state index is -0.290. The summed E-state index contributed by atoms with van der Waals surface area (Å²) in [6.07, 6.45) is 5.26. The summed E-state index contributed by atoms with van der Waals surface area (Å²) in [6.45, 7) is 3.11. The lowest BCUT2D eigenvalue weighted by molar-refractivity contribution is 0.303. The molecular weight excluding hydrogens is 355 g/mol. The Bertz CT molecular complexity index is 1020. The molecule has 5 heteroatoms. The number of aromatic nitrogens is 2. The molecule has 28 heavy (non-hydrogen) atoms. The lowest BCUT2D eigenvalue weighted by atomic mass is 10.1. The summed E-state index contributed by atoms with van der Waals surface area (Å²) in [6, 6.07) is 12.0. The van der Waals surface area contributed by atoms with Crippen molar-refractivity contribution >= 4 is 10.8 Å². The van der Waals surface area contributed by atoms with Gasteiger partial charge in [-0.1, -0.05) is 37.6 Å². The van der Waals surface area contributed by atoms with Gasteiger partial charge in [-0.15, -0.1) is 0 Å². The maximum atomic E-state index is 13.3. The van der Waals surface area contributed by atoms with Crippen molar-refractivity contribution in [1.29, 1.82) is 0 Å². The van der Waals surface area contributed by atoms with Crippen molar-refractivity contribution in [2.75, 3.05) is 6.61 Å². The maximum Gasteiger partial charge on any atom is 0.278 e. The van der Waals surface area contributed by atoms with Gasteiger partial charge in [-0.25, -0.2) is 9.07 Å². The third-order valence-electron chi connectivity index (χ3n) is 5.21. The summed E-state index contributed by atoms with van der Waals surface area (Å²) >= 11 is 0. The van der Waals surface area contributed by atoms with Crippen LogP contribution in [0.4, 0.5) is 4.39 Å². The Labute approximate surface area is 164 Å². The average Bonchev–Trinajstić information content (AvgIpc) is 3.53. The zero-order valence-electron chi connectivity index (χ0n) is 16.2. The van der Waals surface area contributed by atoms with Gasteiger partial charge in [0, 0.05) is 5.39 Å². The van der Waals surface area contributed by atoms with Crippen LogP contribution in [-0.2, 0) is 13.0 Å². The minimum absolute atomic E-state index is 0.161. The summed E-state index contributed by atoms with van der Waals surface area (Å²) < 4.78 is 20.7. The first-order chi connectivity index (χ1) is 13.7. The predicted octanol–water partition coefficient (Wildman–Crippen LogP) is 4.72. The first-order valence-corrected chi connectivity index (χ1v) is 10.1. The summed E-state index contributed by atoms with van der Waals surface area (Å²) in [7, 11) is 0. The number of ether oxygens (including phenoxy) is 1. The Kier molecular flexibility index (Phi) is 5.42. The summed E-state index contributed by atoms with van der Waals surface area (Å²) in [5.41, 5.74) is 1.59. The highest BCUT2D eigenvalue weighted by atomic mass is 19.1. The van der Waals surface area contributed by atoms with Crippen molar-refractivity contribution < 1.29 is 9.13 Å². The second-order valence-electron chi connectivity index (χ2n) is 7.57. The van der Waals surface area contributed by atoms with E-state index in [9.17, 15) is 9.18 Å². The van der Waals surface area contributed by atoms with Crippen molar-refractivity contribution in [1.82, 2.24) is 9.78 Å². The number of nitrogens with zero attached hydrogens (tertiary/aromatic N) is 2. The maximum absolute atomic E-state index is 13.3. The Hall–Kier alpha value is -2.69. The number of benzene rings is 2. The summed E-state index contributed by atoms with van der Waals surface area (Å²) in [5.74, 6) is 0.961. The van der Waals surface area contributed by atoms with E-state index < -0.39 is 0 Å². The van der Waals surface area contributed by atoms with Gasteiger partial charge in [0.05, 0.1) is 24.2 Å². The van der Waals surface area contributed by atoms with Crippen LogP contribution in [0.5, 0.6) is 5.75 Å². The van der Waals surface area contributed by atoms with E-state index in [4.69, 9.17) is 4.74 Å². The highest BCUT2D eigenvalue weighted by Gasteiger charge is 2.23. The highest BCUT2D eigenvalue weighted by molar-refractivity contribution is 5.89. The van der Waals surface area contributed by atoms with Crippen molar-refractivity contribution in [2.45, 2.75) is 45.6 Å². The van der Waals surface area contributed by atoms with Crippen LogP contribution in [-0.4, -0.2) is 16.4 Å². The number of hydrogen-bond donors (Lipinski definition) is 0. The van der Waals surface area contributed by atoms with Gasteiger partial charge in [0.15, 0.2) is 0 Å².